The minimum Gasteiger partial charge on any atom is -0.480 e. The average molecular weight is 163 g/mol. The summed E-state index contributed by atoms with van der Waals surface area (Å²) in [5.41, 5.74) is 4.65. The summed E-state index contributed by atoms with van der Waals surface area (Å²) < 4.78 is 11.9. The van der Waals surface area contributed by atoms with E-state index in [4.69, 9.17) is 10.8 Å². The summed E-state index contributed by atoms with van der Waals surface area (Å²) >= 11 is 0. The smallest absolute Gasteiger partial charge is 0.321 e. The number of hydrogen-bond donors (Lipinski definition) is 2. The predicted molar refractivity (Wildman–Crippen MR) is 40.0 cm³/mol. The van der Waals surface area contributed by atoms with Crippen LogP contribution in [0.4, 0.5) is 4.39 Å². The van der Waals surface area contributed by atoms with Gasteiger partial charge in [0.05, 0.1) is 6.67 Å². The summed E-state index contributed by atoms with van der Waals surface area (Å²) in [5.74, 6) is -1.08. The van der Waals surface area contributed by atoms with E-state index in [1.54, 1.807) is 13.8 Å². The van der Waals surface area contributed by atoms with Crippen molar-refractivity contribution in [3.05, 3.63) is 0 Å². The van der Waals surface area contributed by atoms with Gasteiger partial charge in [-0.3, -0.25) is 9.18 Å². The van der Waals surface area contributed by atoms with E-state index in [0.29, 0.717) is 0 Å². The largest absolute Gasteiger partial charge is 0.480 e. The monoisotopic (exact) mass is 163 g/mol. The van der Waals surface area contributed by atoms with Crippen LogP contribution in [0.25, 0.3) is 0 Å². The van der Waals surface area contributed by atoms with Gasteiger partial charge >= 0.3 is 5.97 Å². The average Bonchev–Trinajstić information content (AvgIpc) is 1.86. The van der Waals surface area contributed by atoms with Crippen LogP contribution in [0.2, 0.25) is 0 Å². The zero-order valence-corrected chi connectivity index (χ0v) is 6.80. The van der Waals surface area contributed by atoms with E-state index >= 15 is 0 Å². The Balaban J connectivity index is 4.16. The highest BCUT2D eigenvalue weighted by atomic mass is 19.1. The Bertz CT molecular complexity index is 147. The van der Waals surface area contributed by atoms with Gasteiger partial charge in [-0.15, -0.1) is 0 Å². The molecular weight excluding hydrogens is 149 g/mol. The lowest BCUT2D eigenvalue weighted by Gasteiger charge is -2.26. The number of aliphatic carboxylic acids is 1. The molecule has 0 amide bonds. The quantitative estimate of drug-likeness (QED) is 0.643. The molecule has 11 heavy (non-hydrogen) atoms. The fourth-order valence-electron chi connectivity index (χ4n) is 0.733. The third-order valence-electron chi connectivity index (χ3n) is 1.85. The molecule has 66 valence electrons. The second-order valence-electron chi connectivity index (χ2n) is 3.24. The van der Waals surface area contributed by atoms with Crippen LogP contribution >= 0.6 is 0 Å². The van der Waals surface area contributed by atoms with E-state index in [1.807, 2.05) is 0 Å². The van der Waals surface area contributed by atoms with Crippen LogP contribution < -0.4 is 5.73 Å². The third-order valence-corrected chi connectivity index (χ3v) is 1.85. The van der Waals surface area contributed by atoms with Gasteiger partial charge in [0.25, 0.3) is 0 Å². The van der Waals surface area contributed by atoms with Crippen molar-refractivity contribution in [2.24, 2.45) is 11.1 Å². The summed E-state index contributed by atoms with van der Waals surface area (Å²) in [6, 6.07) is -0.988. The van der Waals surface area contributed by atoms with Crippen molar-refractivity contribution in [1.29, 1.82) is 0 Å². The van der Waals surface area contributed by atoms with Gasteiger partial charge in [-0.25, -0.2) is 0 Å². The summed E-state index contributed by atoms with van der Waals surface area (Å²) in [5, 5.41) is 8.50. The molecule has 0 heterocycles. The maximum Gasteiger partial charge on any atom is 0.321 e. The van der Waals surface area contributed by atoms with Crippen molar-refractivity contribution < 1.29 is 14.3 Å². The molecule has 3 nitrogen and oxygen atoms in total. The molecule has 0 aromatic carbocycles. The first-order chi connectivity index (χ1) is 4.91. The first-order valence-corrected chi connectivity index (χ1v) is 3.46. The molecule has 0 bridgehead atoms. The normalized spacial score (nSPS) is 14.5. The van der Waals surface area contributed by atoms with Gasteiger partial charge in [-0.2, -0.15) is 0 Å². The van der Waals surface area contributed by atoms with Crippen LogP contribution in [-0.4, -0.2) is 23.8 Å². The molecule has 0 fully saturated rings. The Morgan fingerprint density at radius 2 is 2.18 bits per heavy atom. The van der Waals surface area contributed by atoms with Gasteiger partial charge in [0, 0.05) is 0 Å². The fraction of sp³-hybridized carbons (Fsp3) is 0.857. The number of rotatable bonds is 4. The second kappa shape index (κ2) is 3.67. The van der Waals surface area contributed by atoms with E-state index in [1.165, 1.54) is 0 Å². The SMILES string of the molecule is CC(C)(CCF)C(N)C(=O)O. The molecule has 3 N–H and O–H groups in total. The molecule has 0 aromatic heterocycles. The van der Waals surface area contributed by atoms with Gasteiger partial charge in [-0.05, 0) is 11.8 Å². The zero-order chi connectivity index (χ0) is 9.07. The van der Waals surface area contributed by atoms with Gasteiger partial charge in [-0.1, -0.05) is 13.8 Å². The maximum atomic E-state index is 11.9. The number of nitrogens with two attached hydrogens (primary N) is 1. The Labute approximate surface area is 65.4 Å². The summed E-state index contributed by atoms with van der Waals surface area (Å²) in [6.45, 7) is 2.75. The minimum atomic E-state index is -1.08. The molecule has 0 aliphatic rings. The summed E-state index contributed by atoms with van der Waals surface area (Å²) in [4.78, 5) is 10.4. The first kappa shape index (κ1) is 10.4. The van der Waals surface area contributed by atoms with E-state index in [0.717, 1.165) is 0 Å². The minimum absolute atomic E-state index is 0.181. The number of carbonyl (C=O) groups is 1. The lowest BCUT2D eigenvalue weighted by Crippen LogP contribution is -2.44. The van der Waals surface area contributed by atoms with Gasteiger partial charge < -0.3 is 10.8 Å². The topological polar surface area (TPSA) is 63.3 Å². The molecule has 1 unspecified atom stereocenters. The Kier molecular flexibility index (Phi) is 3.45. The fourth-order valence-corrected chi connectivity index (χ4v) is 0.733. The third kappa shape index (κ3) is 2.84. The number of carboxylic acid groups (broad SMARTS) is 1. The molecule has 1 atom stereocenters. The molecule has 0 aliphatic carbocycles. The Morgan fingerprint density at radius 1 is 1.73 bits per heavy atom. The lowest BCUT2D eigenvalue weighted by atomic mass is 9.82. The molecule has 0 rings (SSSR count). The van der Waals surface area contributed by atoms with Crippen LogP contribution in [0.5, 0.6) is 0 Å². The lowest BCUT2D eigenvalue weighted by molar-refractivity contribution is -0.141. The highest BCUT2D eigenvalue weighted by Crippen LogP contribution is 2.23. The highest BCUT2D eigenvalue weighted by molar-refractivity contribution is 5.74. The highest BCUT2D eigenvalue weighted by Gasteiger charge is 2.31. The van der Waals surface area contributed by atoms with Crippen LogP contribution in [0.15, 0.2) is 0 Å². The van der Waals surface area contributed by atoms with Crippen molar-refractivity contribution in [3.63, 3.8) is 0 Å². The molecule has 0 saturated carbocycles. The molecule has 0 radical (unpaired) electrons. The van der Waals surface area contributed by atoms with E-state index in [2.05, 4.69) is 0 Å². The van der Waals surface area contributed by atoms with Crippen LogP contribution in [0.1, 0.15) is 20.3 Å². The van der Waals surface area contributed by atoms with Crippen LogP contribution in [-0.2, 0) is 4.79 Å². The number of alkyl halides is 1. The summed E-state index contributed by atoms with van der Waals surface area (Å²) in [7, 11) is 0. The van der Waals surface area contributed by atoms with E-state index < -0.39 is 24.1 Å². The molecule has 0 aliphatic heterocycles. The van der Waals surface area contributed by atoms with Crippen LogP contribution in [0.3, 0.4) is 0 Å². The van der Waals surface area contributed by atoms with E-state index in [-0.39, 0.29) is 6.42 Å². The van der Waals surface area contributed by atoms with Gasteiger partial charge in [0.15, 0.2) is 0 Å². The Morgan fingerprint density at radius 3 is 2.45 bits per heavy atom. The van der Waals surface area contributed by atoms with Gasteiger partial charge in [0.1, 0.15) is 6.04 Å². The zero-order valence-electron chi connectivity index (χ0n) is 6.80. The predicted octanol–water partition coefficient (Wildman–Crippen LogP) is 0.784. The van der Waals surface area contributed by atoms with Crippen molar-refractivity contribution in [3.8, 4) is 0 Å². The van der Waals surface area contributed by atoms with Crippen molar-refractivity contribution in [1.82, 2.24) is 0 Å². The van der Waals surface area contributed by atoms with Gasteiger partial charge in [0.2, 0.25) is 0 Å². The second-order valence-corrected chi connectivity index (χ2v) is 3.24. The first-order valence-electron chi connectivity index (χ1n) is 3.46. The molecule has 4 heteroatoms. The summed E-state index contributed by atoms with van der Waals surface area (Å²) in [6.07, 6.45) is 0.181. The van der Waals surface area contributed by atoms with Crippen molar-refractivity contribution in [2.75, 3.05) is 6.67 Å². The molecule has 0 spiro atoms. The maximum absolute atomic E-state index is 11.9. The van der Waals surface area contributed by atoms with Crippen LogP contribution in [0, 0.1) is 5.41 Å². The molecular formula is C7H14FNO2. The number of carboxylic acids is 1. The molecule has 0 aromatic rings. The molecule has 0 saturated heterocycles. The number of hydrogen-bond acceptors (Lipinski definition) is 2. The van der Waals surface area contributed by atoms with Crippen molar-refractivity contribution >= 4 is 5.97 Å². The standard InChI is InChI=1S/C7H14FNO2/c1-7(2,3-4-8)5(9)6(10)11/h5H,3-4,9H2,1-2H3,(H,10,11). The Hall–Kier alpha value is -0.640. The number of halogens is 1. The van der Waals surface area contributed by atoms with Crippen molar-refractivity contribution in [2.45, 2.75) is 26.3 Å². The van der Waals surface area contributed by atoms with E-state index in [9.17, 15) is 9.18 Å².